The summed E-state index contributed by atoms with van der Waals surface area (Å²) in [6.45, 7) is 0.222. The third kappa shape index (κ3) is 2.08. The van der Waals surface area contributed by atoms with E-state index in [4.69, 9.17) is 5.11 Å². The quantitative estimate of drug-likeness (QED) is 0.857. The van der Waals surface area contributed by atoms with E-state index in [1.807, 2.05) is 30.3 Å². The van der Waals surface area contributed by atoms with E-state index >= 15 is 0 Å². The van der Waals surface area contributed by atoms with Crippen LogP contribution in [0.15, 0.2) is 36.4 Å². The molecule has 1 heterocycles. The van der Waals surface area contributed by atoms with Crippen LogP contribution in [0.25, 0.3) is 0 Å². The van der Waals surface area contributed by atoms with Gasteiger partial charge in [-0.1, -0.05) is 30.3 Å². The molecule has 0 unspecified atom stereocenters. The maximum absolute atomic E-state index is 13.3. The first-order chi connectivity index (χ1) is 7.66. The van der Waals surface area contributed by atoms with Crippen LogP contribution < -0.4 is 0 Å². The molecule has 0 saturated carbocycles. The minimum absolute atomic E-state index is 0.222. The number of benzene rings is 1. The van der Waals surface area contributed by atoms with E-state index in [-0.39, 0.29) is 12.2 Å². The van der Waals surface area contributed by atoms with Crippen LogP contribution in [-0.4, -0.2) is 20.9 Å². The first kappa shape index (κ1) is 10.4. The molecule has 0 aliphatic carbocycles. The average molecular weight is 220 g/mol. The van der Waals surface area contributed by atoms with Crippen LogP contribution in [0.3, 0.4) is 0 Å². The Bertz CT molecular complexity index is 508. The van der Waals surface area contributed by atoms with Crippen molar-refractivity contribution >= 4 is 5.97 Å². The Morgan fingerprint density at radius 3 is 2.62 bits per heavy atom. The average Bonchev–Trinajstić information content (AvgIpc) is 2.62. The van der Waals surface area contributed by atoms with E-state index in [0.29, 0.717) is 0 Å². The first-order valence-electron chi connectivity index (χ1n) is 4.67. The van der Waals surface area contributed by atoms with E-state index in [0.717, 1.165) is 16.3 Å². The summed E-state index contributed by atoms with van der Waals surface area (Å²) in [6, 6.07) is 10.1. The summed E-state index contributed by atoms with van der Waals surface area (Å²) in [6.07, 6.45) is 0. The molecule has 0 aliphatic rings. The molecule has 0 fully saturated rings. The lowest BCUT2D eigenvalue weighted by molar-refractivity contribution is 0.0689. The largest absolute Gasteiger partial charge is 0.476 e. The predicted octanol–water partition coefficient (Wildman–Crippen LogP) is 1.77. The fourth-order valence-electron chi connectivity index (χ4n) is 1.37. The maximum Gasteiger partial charge on any atom is 0.356 e. The normalized spacial score (nSPS) is 10.3. The molecule has 1 aromatic heterocycles. The second-order valence-corrected chi connectivity index (χ2v) is 3.30. The molecule has 0 radical (unpaired) electrons. The molecule has 1 N–H and O–H groups in total. The highest BCUT2D eigenvalue weighted by Crippen LogP contribution is 2.07. The molecule has 1 aromatic carbocycles. The molecule has 0 amide bonds. The van der Waals surface area contributed by atoms with Crippen molar-refractivity contribution < 1.29 is 14.3 Å². The van der Waals surface area contributed by atoms with Gasteiger partial charge in [0, 0.05) is 6.07 Å². The lowest BCUT2D eigenvalue weighted by Crippen LogP contribution is -2.06. The third-order valence-electron chi connectivity index (χ3n) is 2.13. The number of nitrogens with zero attached hydrogens (tertiary/aromatic N) is 2. The minimum atomic E-state index is -1.23. The van der Waals surface area contributed by atoms with Gasteiger partial charge >= 0.3 is 5.97 Å². The van der Waals surface area contributed by atoms with Crippen LogP contribution in [0.4, 0.5) is 4.39 Å². The molecule has 0 aliphatic heterocycles. The van der Waals surface area contributed by atoms with Crippen LogP contribution in [-0.2, 0) is 6.54 Å². The molecule has 16 heavy (non-hydrogen) atoms. The van der Waals surface area contributed by atoms with Crippen LogP contribution in [0.5, 0.6) is 0 Å². The summed E-state index contributed by atoms with van der Waals surface area (Å²) in [5.74, 6) is -1.88. The fourth-order valence-corrected chi connectivity index (χ4v) is 1.37. The molecule has 82 valence electrons. The van der Waals surface area contributed by atoms with Gasteiger partial charge in [0.15, 0.2) is 5.69 Å². The van der Waals surface area contributed by atoms with Crippen molar-refractivity contribution in [2.75, 3.05) is 0 Å². The zero-order valence-corrected chi connectivity index (χ0v) is 8.30. The maximum atomic E-state index is 13.3. The summed E-state index contributed by atoms with van der Waals surface area (Å²) in [5.41, 5.74) is 0.579. The molecule has 4 nitrogen and oxygen atoms in total. The highest BCUT2D eigenvalue weighted by molar-refractivity contribution is 5.85. The number of rotatable bonds is 3. The summed E-state index contributed by atoms with van der Waals surface area (Å²) >= 11 is 0. The summed E-state index contributed by atoms with van der Waals surface area (Å²) in [4.78, 5) is 10.6. The van der Waals surface area contributed by atoms with Crippen molar-refractivity contribution in [2.45, 2.75) is 6.54 Å². The highest BCUT2D eigenvalue weighted by atomic mass is 19.1. The van der Waals surface area contributed by atoms with E-state index in [2.05, 4.69) is 5.10 Å². The Hall–Kier alpha value is -2.17. The molecule has 0 saturated heterocycles. The molecular formula is C11H9FN2O2. The molecule has 5 heteroatoms. The molecule has 0 atom stereocenters. The third-order valence-corrected chi connectivity index (χ3v) is 2.13. The van der Waals surface area contributed by atoms with E-state index in [1.54, 1.807) is 0 Å². The SMILES string of the molecule is O=C(O)c1cc(F)n(Cc2ccccc2)n1. The van der Waals surface area contributed by atoms with Crippen LogP contribution >= 0.6 is 0 Å². The molecule has 2 rings (SSSR count). The van der Waals surface area contributed by atoms with Gasteiger partial charge in [-0.3, -0.25) is 0 Å². The van der Waals surface area contributed by atoms with Crippen LogP contribution in [0.1, 0.15) is 16.1 Å². The molecular weight excluding hydrogens is 211 g/mol. The lowest BCUT2D eigenvalue weighted by atomic mass is 10.2. The lowest BCUT2D eigenvalue weighted by Gasteiger charge is -2.01. The first-order valence-corrected chi connectivity index (χ1v) is 4.67. The molecule has 2 aromatic rings. The van der Waals surface area contributed by atoms with Gasteiger partial charge in [-0.2, -0.15) is 9.49 Å². The predicted molar refractivity (Wildman–Crippen MR) is 54.7 cm³/mol. The molecule has 0 bridgehead atoms. The van der Waals surface area contributed by atoms with Gasteiger partial charge in [-0.05, 0) is 5.56 Å². The van der Waals surface area contributed by atoms with Crippen LogP contribution in [0, 0.1) is 5.95 Å². The number of aromatic carboxylic acids is 1. The van der Waals surface area contributed by atoms with Gasteiger partial charge in [-0.15, -0.1) is 0 Å². The Labute approximate surface area is 90.9 Å². The van der Waals surface area contributed by atoms with E-state index in [1.165, 1.54) is 0 Å². The van der Waals surface area contributed by atoms with Crippen molar-refractivity contribution in [3.05, 3.63) is 53.6 Å². The topological polar surface area (TPSA) is 55.1 Å². The van der Waals surface area contributed by atoms with Crippen LogP contribution in [0.2, 0.25) is 0 Å². The van der Waals surface area contributed by atoms with Gasteiger partial charge in [0.25, 0.3) is 0 Å². The number of hydrogen-bond acceptors (Lipinski definition) is 2. The van der Waals surface area contributed by atoms with E-state index < -0.39 is 11.9 Å². The van der Waals surface area contributed by atoms with Gasteiger partial charge < -0.3 is 5.11 Å². The Balaban J connectivity index is 2.25. The van der Waals surface area contributed by atoms with Gasteiger partial charge in [0.1, 0.15) is 0 Å². The van der Waals surface area contributed by atoms with Crippen molar-refractivity contribution in [1.82, 2.24) is 9.78 Å². The smallest absolute Gasteiger partial charge is 0.356 e. The minimum Gasteiger partial charge on any atom is -0.476 e. The second-order valence-electron chi connectivity index (χ2n) is 3.30. The number of aromatic nitrogens is 2. The number of carbonyl (C=O) groups is 1. The number of hydrogen-bond donors (Lipinski definition) is 1. The zero-order valence-electron chi connectivity index (χ0n) is 8.30. The van der Waals surface area contributed by atoms with Crippen molar-refractivity contribution in [1.29, 1.82) is 0 Å². The summed E-state index contributed by atoms with van der Waals surface area (Å²) in [7, 11) is 0. The highest BCUT2D eigenvalue weighted by Gasteiger charge is 2.12. The van der Waals surface area contributed by atoms with Crippen molar-refractivity contribution in [3.63, 3.8) is 0 Å². The van der Waals surface area contributed by atoms with Crippen molar-refractivity contribution in [2.24, 2.45) is 0 Å². The van der Waals surface area contributed by atoms with Gasteiger partial charge in [-0.25, -0.2) is 9.48 Å². The molecule has 0 spiro atoms. The monoisotopic (exact) mass is 220 g/mol. The Morgan fingerprint density at radius 2 is 2.06 bits per heavy atom. The Kier molecular flexibility index (Phi) is 2.68. The van der Waals surface area contributed by atoms with Gasteiger partial charge in [0.05, 0.1) is 6.54 Å². The standard InChI is InChI=1S/C11H9FN2O2/c12-10-6-9(11(15)16)13-14(10)7-8-4-2-1-3-5-8/h1-6H,7H2,(H,15,16). The second kappa shape index (κ2) is 4.14. The number of halogens is 1. The zero-order chi connectivity index (χ0) is 11.5. The Morgan fingerprint density at radius 1 is 1.38 bits per heavy atom. The number of carboxylic acid groups (broad SMARTS) is 1. The summed E-state index contributed by atoms with van der Waals surface area (Å²) in [5, 5.41) is 12.3. The van der Waals surface area contributed by atoms with Crippen molar-refractivity contribution in [3.8, 4) is 0 Å². The summed E-state index contributed by atoms with van der Waals surface area (Å²) < 4.78 is 14.3. The van der Waals surface area contributed by atoms with Gasteiger partial charge in [0.2, 0.25) is 5.95 Å². The number of carboxylic acids is 1. The fraction of sp³-hybridized carbons (Fsp3) is 0.0909. The van der Waals surface area contributed by atoms with E-state index in [9.17, 15) is 9.18 Å².